The Kier molecular flexibility index (Phi) is 5.05. The molecule has 0 spiro atoms. The molecule has 1 aliphatic heterocycles. The van der Waals surface area contributed by atoms with Crippen molar-refractivity contribution < 1.29 is 14.7 Å². The van der Waals surface area contributed by atoms with Crippen LogP contribution in [-0.2, 0) is 23.1 Å². The van der Waals surface area contributed by atoms with Crippen molar-refractivity contribution in [3.8, 4) is 0 Å². The van der Waals surface area contributed by atoms with Gasteiger partial charge in [0.05, 0.1) is 18.7 Å². The Hall–Kier alpha value is -1.50. The minimum atomic E-state index is -0.845. The highest BCUT2D eigenvalue weighted by atomic mass is 32.2. The van der Waals surface area contributed by atoms with Crippen LogP contribution in [0, 0.1) is 0 Å². The van der Waals surface area contributed by atoms with Crippen molar-refractivity contribution in [2.24, 2.45) is 7.05 Å². The van der Waals surface area contributed by atoms with E-state index in [1.165, 1.54) is 0 Å². The highest BCUT2D eigenvalue weighted by Crippen LogP contribution is 2.20. The lowest BCUT2D eigenvalue weighted by Gasteiger charge is -2.34. The molecule has 1 aliphatic rings. The molecule has 110 valence electrons. The number of thioether (sulfide) groups is 1. The molecule has 6 nitrogen and oxygen atoms in total. The van der Waals surface area contributed by atoms with Crippen molar-refractivity contribution in [3.05, 3.63) is 18.0 Å². The molecule has 1 saturated heterocycles. The standard InChI is InChI=1S/C13H19N3O3S/c1-15-8-10(7-14-15)2-3-12(17)16-4-5-20-9-11(16)6-13(18)19/h7-8,11H,2-6,9H2,1H3,(H,18,19). The first kappa shape index (κ1) is 14.9. The predicted molar refractivity (Wildman–Crippen MR) is 76.6 cm³/mol. The van der Waals surface area contributed by atoms with Crippen molar-refractivity contribution in [2.45, 2.75) is 25.3 Å². The van der Waals surface area contributed by atoms with Crippen LogP contribution < -0.4 is 0 Å². The largest absolute Gasteiger partial charge is 0.481 e. The van der Waals surface area contributed by atoms with Gasteiger partial charge in [0.2, 0.25) is 5.91 Å². The zero-order chi connectivity index (χ0) is 14.5. The van der Waals surface area contributed by atoms with E-state index in [4.69, 9.17) is 5.11 Å². The lowest BCUT2D eigenvalue weighted by molar-refractivity contribution is -0.140. The fourth-order valence-electron chi connectivity index (χ4n) is 2.35. The van der Waals surface area contributed by atoms with Gasteiger partial charge in [0.25, 0.3) is 0 Å². The highest BCUT2D eigenvalue weighted by Gasteiger charge is 2.28. The molecule has 1 unspecified atom stereocenters. The molecule has 1 N–H and O–H groups in total. The van der Waals surface area contributed by atoms with E-state index in [0.29, 0.717) is 25.1 Å². The summed E-state index contributed by atoms with van der Waals surface area (Å²) in [5, 5.41) is 13.0. The van der Waals surface area contributed by atoms with E-state index in [1.54, 1.807) is 27.5 Å². The monoisotopic (exact) mass is 297 g/mol. The maximum atomic E-state index is 12.3. The summed E-state index contributed by atoms with van der Waals surface area (Å²) < 4.78 is 1.71. The van der Waals surface area contributed by atoms with Crippen LogP contribution in [0.15, 0.2) is 12.4 Å². The number of rotatable bonds is 5. The number of aryl methyl sites for hydroxylation is 2. The smallest absolute Gasteiger partial charge is 0.305 e. The third kappa shape index (κ3) is 4.00. The average molecular weight is 297 g/mol. The van der Waals surface area contributed by atoms with Crippen molar-refractivity contribution in [1.82, 2.24) is 14.7 Å². The second-order valence-corrected chi connectivity index (χ2v) is 6.09. The molecule has 0 radical (unpaired) electrons. The van der Waals surface area contributed by atoms with E-state index in [2.05, 4.69) is 5.10 Å². The lowest BCUT2D eigenvalue weighted by atomic mass is 10.1. The van der Waals surface area contributed by atoms with Crippen LogP contribution in [0.25, 0.3) is 0 Å². The van der Waals surface area contributed by atoms with E-state index in [1.807, 2.05) is 13.2 Å². The summed E-state index contributed by atoms with van der Waals surface area (Å²) in [5.74, 6) is 0.794. The van der Waals surface area contributed by atoms with Crippen LogP contribution in [0.5, 0.6) is 0 Å². The molecule has 1 aromatic rings. The summed E-state index contributed by atoms with van der Waals surface area (Å²) >= 11 is 1.71. The van der Waals surface area contributed by atoms with E-state index in [-0.39, 0.29) is 18.4 Å². The van der Waals surface area contributed by atoms with Gasteiger partial charge in [-0.25, -0.2) is 0 Å². The molecule has 2 heterocycles. The molecule has 7 heteroatoms. The first-order valence-corrected chi connectivity index (χ1v) is 7.78. The average Bonchev–Trinajstić information content (AvgIpc) is 2.82. The van der Waals surface area contributed by atoms with Crippen molar-refractivity contribution >= 4 is 23.6 Å². The molecule has 1 amide bonds. The third-order valence-corrected chi connectivity index (χ3v) is 4.44. The van der Waals surface area contributed by atoms with Gasteiger partial charge in [-0.3, -0.25) is 14.3 Å². The van der Waals surface area contributed by atoms with Gasteiger partial charge in [-0.15, -0.1) is 0 Å². The fourth-order valence-corrected chi connectivity index (χ4v) is 3.41. The number of aromatic nitrogens is 2. The van der Waals surface area contributed by atoms with Crippen LogP contribution in [0.4, 0.5) is 0 Å². The Morgan fingerprint density at radius 2 is 2.35 bits per heavy atom. The van der Waals surface area contributed by atoms with Gasteiger partial charge in [-0.1, -0.05) is 0 Å². The molecule has 1 fully saturated rings. The lowest BCUT2D eigenvalue weighted by Crippen LogP contribution is -2.47. The number of nitrogens with zero attached hydrogens (tertiary/aromatic N) is 3. The van der Waals surface area contributed by atoms with Crippen LogP contribution in [-0.4, -0.2) is 55.8 Å². The Morgan fingerprint density at radius 1 is 1.55 bits per heavy atom. The second kappa shape index (κ2) is 6.78. The Morgan fingerprint density at radius 3 is 3.00 bits per heavy atom. The summed E-state index contributed by atoms with van der Waals surface area (Å²) in [5.41, 5.74) is 1.03. The number of carbonyl (C=O) groups is 2. The first-order chi connectivity index (χ1) is 9.56. The van der Waals surface area contributed by atoms with Crippen LogP contribution >= 0.6 is 11.8 Å². The third-order valence-electron chi connectivity index (χ3n) is 3.34. The van der Waals surface area contributed by atoms with E-state index >= 15 is 0 Å². The van der Waals surface area contributed by atoms with Gasteiger partial charge in [-0.05, 0) is 12.0 Å². The SMILES string of the molecule is Cn1cc(CCC(=O)N2CCSCC2CC(=O)O)cn1. The highest BCUT2D eigenvalue weighted by molar-refractivity contribution is 7.99. The molecule has 0 bridgehead atoms. The minimum Gasteiger partial charge on any atom is -0.481 e. The number of carboxylic acids is 1. The summed E-state index contributed by atoms with van der Waals surface area (Å²) in [4.78, 5) is 24.9. The zero-order valence-electron chi connectivity index (χ0n) is 11.5. The normalized spacial score (nSPS) is 19.1. The molecule has 1 aromatic heterocycles. The molecular formula is C13H19N3O3S. The summed E-state index contributed by atoms with van der Waals surface area (Å²) in [6.45, 7) is 0.647. The summed E-state index contributed by atoms with van der Waals surface area (Å²) in [6, 6.07) is -0.173. The van der Waals surface area contributed by atoms with Crippen LogP contribution in [0.2, 0.25) is 0 Å². The maximum Gasteiger partial charge on any atom is 0.305 e. The van der Waals surface area contributed by atoms with E-state index in [0.717, 1.165) is 11.3 Å². The number of hydrogen-bond donors (Lipinski definition) is 1. The minimum absolute atomic E-state index is 0.0334. The molecular weight excluding hydrogens is 278 g/mol. The van der Waals surface area contributed by atoms with Gasteiger partial charge >= 0.3 is 5.97 Å². The topological polar surface area (TPSA) is 75.4 Å². The Balaban J connectivity index is 1.90. The summed E-state index contributed by atoms with van der Waals surface area (Å²) in [6.07, 6.45) is 4.75. The number of aliphatic carboxylic acids is 1. The van der Waals surface area contributed by atoms with Crippen LogP contribution in [0.1, 0.15) is 18.4 Å². The first-order valence-electron chi connectivity index (χ1n) is 6.63. The number of carboxylic acid groups (broad SMARTS) is 1. The number of amides is 1. The van der Waals surface area contributed by atoms with Crippen LogP contribution in [0.3, 0.4) is 0 Å². The van der Waals surface area contributed by atoms with Gasteiger partial charge < -0.3 is 10.0 Å². The fraction of sp³-hybridized carbons (Fsp3) is 0.615. The van der Waals surface area contributed by atoms with Gasteiger partial charge in [0.1, 0.15) is 0 Å². The van der Waals surface area contributed by atoms with Crippen molar-refractivity contribution in [1.29, 1.82) is 0 Å². The van der Waals surface area contributed by atoms with Gasteiger partial charge in [-0.2, -0.15) is 16.9 Å². The molecule has 20 heavy (non-hydrogen) atoms. The second-order valence-electron chi connectivity index (χ2n) is 4.94. The molecule has 0 aliphatic carbocycles. The van der Waals surface area contributed by atoms with E-state index < -0.39 is 5.97 Å². The molecule has 1 atom stereocenters. The molecule has 0 aromatic carbocycles. The quantitative estimate of drug-likeness (QED) is 0.869. The van der Waals surface area contributed by atoms with Gasteiger partial charge in [0.15, 0.2) is 0 Å². The van der Waals surface area contributed by atoms with Crippen molar-refractivity contribution in [3.63, 3.8) is 0 Å². The Labute approximate surface area is 122 Å². The van der Waals surface area contributed by atoms with Crippen molar-refractivity contribution in [2.75, 3.05) is 18.1 Å². The van der Waals surface area contributed by atoms with Gasteiger partial charge in [0, 0.05) is 37.7 Å². The van der Waals surface area contributed by atoms with E-state index in [9.17, 15) is 9.59 Å². The predicted octanol–water partition coefficient (Wildman–Crippen LogP) is 0.771. The molecule has 0 saturated carbocycles. The Bertz CT molecular complexity index is 489. The number of carbonyl (C=O) groups excluding carboxylic acids is 1. The maximum absolute atomic E-state index is 12.3. The zero-order valence-corrected chi connectivity index (χ0v) is 12.3. The summed E-state index contributed by atoms with van der Waals surface area (Å²) in [7, 11) is 1.84. The molecule has 2 rings (SSSR count). The number of hydrogen-bond acceptors (Lipinski definition) is 4.